The second-order valence-corrected chi connectivity index (χ2v) is 6.78. The lowest BCUT2D eigenvalue weighted by atomic mass is 9.78. The number of aliphatic hydroxyl groups excluding tert-OH is 1. The van der Waals surface area contributed by atoms with Crippen molar-refractivity contribution in [2.24, 2.45) is 5.41 Å². The Morgan fingerprint density at radius 2 is 2.23 bits per heavy atom. The van der Waals surface area contributed by atoms with Crippen molar-refractivity contribution in [2.45, 2.75) is 32.3 Å². The van der Waals surface area contributed by atoms with E-state index in [4.69, 9.17) is 5.26 Å². The molecule has 0 aliphatic carbocycles. The van der Waals surface area contributed by atoms with Crippen LogP contribution < -0.4 is 5.32 Å². The standard InChI is InChI=1S/C17H24N4O/c1-13-8-15(20-10-14(13)9-18)16(22)11-21-6-3-17(4-7-21)2-5-19-12-17/h8,10,16,19,22H,2-7,11-12H2,1H3/t16-/m1/s1. The van der Waals surface area contributed by atoms with E-state index < -0.39 is 6.10 Å². The van der Waals surface area contributed by atoms with Gasteiger partial charge in [-0.05, 0) is 62.9 Å². The van der Waals surface area contributed by atoms with Gasteiger partial charge in [-0.15, -0.1) is 0 Å². The van der Waals surface area contributed by atoms with Gasteiger partial charge in [0.25, 0.3) is 0 Å². The van der Waals surface area contributed by atoms with Gasteiger partial charge < -0.3 is 15.3 Å². The van der Waals surface area contributed by atoms with Crippen LogP contribution in [0.4, 0.5) is 0 Å². The first-order valence-corrected chi connectivity index (χ1v) is 8.10. The van der Waals surface area contributed by atoms with Gasteiger partial charge in [0.15, 0.2) is 0 Å². The molecule has 3 rings (SSSR count). The number of aliphatic hydroxyl groups is 1. The van der Waals surface area contributed by atoms with Crippen LogP contribution >= 0.6 is 0 Å². The third-order valence-corrected chi connectivity index (χ3v) is 5.27. The quantitative estimate of drug-likeness (QED) is 0.882. The number of rotatable bonds is 3. The second kappa shape index (κ2) is 6.33. The molecule has 22 heavy (non-hydrogen) atoms. The summed E-state index contributed by atoms with van der Waals surface area (Å²) in [6.07, 6.45) is 4.70. The van der Waals surface area contributed by atoms with Crippen molar-refractivity contribution in [1.29, 1.82) is 5.26 Å². The summed E-state index contributed by atoms with van der Waals surface area (Å²) in [5.74, 6) is 0. The zero-order valence-corrected chi connectivity index (χ0v) is 13.2. The lowest BCUT2D eigenvalue weighted by molar-refractivity contribution is 0.0628. The van der Waals surface area contributed by atoms with Gasteiger partial charge in [-0.2, -0.15) is 5.26 Å². The average Bonchev–Trinajstić information content (AvgIpc) is 2.98. The van der Waals surface area contributed by atoms with Gasteiger partial charge in [-0.3, -0.25) is 4.98 Å². The Labute approximate surface area is 132 Å². The molecule has 3 heterocycles. The van der Waals surface area contributed by atoms with E-state index in [1.165, 1.54) is 19.3 Å². The molecule has 1 aromatic rings. The molecule has 0 radical (unpaired) electrons. The Hall–Kier alpha value is -1.48. The highest BCUT2D eigenvalue weighted by Gasteiger charge is 2.37. The number of aromatic nitrogens is 1. The highest BCUT2D eigenvalue weighted by molar-refractivity contribution is 5.35. The maximum absolute atomic E-state index is 10.4. The van der Waals surface area contributed by atoms with Crippen LogP contribution in [0, 0.1) is 23.7 Å². The summed E-state index contributed by atoms with van der Waals surface area (Å²) in [6, 6.07) is 3.94. The molecule has 5 heteroatoms. The maximum Gasteiger partial charge on any atom is 0.109 e. The number of hydrogen-bond acceptors (Lipinski definition) is 5. The van der Waals surface area contributed by atoms with E-state index in [1.807, 2.05) is 13.0 Å². The Kier molecular flexibility index (Phi) is 4.44. The van der Waals surface area contributed by atoms with Crippen LogP contribution in [0.5, 0.6) is 0 Å². The minimum Gasteiger partial charge on any atom is -0.385 e. The van der Waals surface area contributed by atoms with E-state index in [0.29, 0.717) is 23.2 Å². The lowest BCUT2D eigenvalue weighted by Gasteiger charge is -2.39. The van der Waals surface area contributed by atoms with E-state index in [1.54, 1.807) is 6.20 Å². The van der Waals surface area contributed by atoms with Gasteiger partial charge >= 0.3 is 0 Å². The second-order valence-electron chi connectivity index (χ2n) is 6.78. The first kappa shape index (κ1) is 15.4. The molecule has 2 N–H and O–H groups in total. The molecule has 0 saturated carbocycles. The predicted molar refractivity (Wildman–Crippen MR) is 84.2 cm³/mol. The lowest BCUT2D eigenvalue weighted by Crippen LogP contribution is -2.42. The summed E-state index contributed by atoms with van der Waals surface area (Å²) in [7, 11) is 0. The summed E-state index contributed by atoms with van der Waals surface area (Å²) >= 11 is 0. The number of nitrogens with one attached hydrogen (secondary N) is 1. The summed E-state index contributed by atoms with van der Waals surface area (Å²) in [5.41, 5.74) is 2.62. The minimum atomic E-state index is -0.581. The van der Waals surface area contributed by atoms with Crippen molar-refractivity contribution >= 4 is 0 Å². The van der Waals surface area contributed by atoms with Crippen molar-refractivity contribution in [2.75, 3.05) is 32.7 Å². The fraction of sp³-hybridized carbons (Fsp3) is 0.647. The number of piperidine rings is 1. The number of pyridine rings is 1. The van der Waals surface area contributed by atoms with E-state index >= 15 is 0 Å². The Balaban J connectivity index is 1.57. The summed E-state index contributed by atoms with van der Waals surface area (Å²) < 4.78 is 0. The number of nitriles is 1. The summed E-state index contributed by atoms with van der Waals surface area (Å²) in [4.78, 5) is 6.57. The molecule has 2 aliphatic rings. The molecule has 1 aromatic heterocycles. The Morgan fingerprint density at radius 3 is 2.82 bits per heavy atom. The molecular weight excluding hydrogens is 276 g/mol. The van der Waals surface area contributed by atoms with E-state index in [2.05, 4.69) is 21.3 Å². The van der Waals surface area contributed by atoms with Crippen LogP contribution in [-0.4, -0.2) is 47.7 Å². The Bertz CT molecular complexity index is 565. The number of β-amino-alcohol motifs (C(OH)–C–C–N with tert-alkyl or cyclic N) is 1. The SMILES string of the molecule is Cc1cc([C@H](O)CN2CCC3(CCNC3)CC2)ncc1C#N. The number of hydrogen-bond donors (Lipinski definition) is 2. The normalized spacial score (nSPS) is 22.6. The highest BCUT2D eigenvalue weighted by atomic mass is 16.3. The van der Waals surface area contributed by atoms with Gasteiger partial charge in [0.2, 0.25) is 0 Å². The number of nitrogens with zero attached hydrogens (tertiary/aromatic N) is 3. The molecule has 118 valence electrons. The maximum atomic E-state index is 10.4. The van der Waals surface area contributed by atoms with Crippen LogP contribution in [0.2, 0.25) is 0 Å². The van der Waals surface area contributed by atoms with E-state index in [0.717, 1.165) is 31.7 Å². The molecule has 2 saturated heterocycles. The van der Waals surface area contributed by atoms with Crippen LogP contribution in [0.25, 0.3) is 0 Å². The van der Waals surface area contributed by atoms with Crippen LogP contribution in [0.3, 0.4) is 0 Å². The smallest absolute Gasteiger partial charge is 0.109 e. The molecule has 1 atom stereocenters. The molecule has 2 aliphatic heterocycles. The third-order valence-electron chi connectivity index (χ3n) is 5.27. The molecule has 0 amide bonds. The molecule has 0 aromatic carbocycles. The zero-order chi connectivity index (χ0) is 15.6. The van der Waals surface area contributed by atoms with Gasteiger partial charge in [0, 0.05) is 19.3 Å². The van der Waals surface area contributed by atoms with Gasteiger partial charge in [0.05, 0.1) is 11.3 Å². The summed E-state index contributed by atoms with van der Waals surface area (Å²) in [6.45, 7) is 6.91. The first-order chi connectivity index (χ1) is 10.6. The number of likely N-dealkylation sites (tertiary alicyclic amines) is 1. The van der Waals surface area contributed by atoms with Crippen LogP contribution in [0.15, 0.2) is 12.3 Å². The largest absolute Gasteiger partial charge is 0.385 e. The molecule has 2 fully saturated rings. The first-order valence-electron chi connectivity index (χ1n) is 8.10. The molecule has 1 spiro atoms. The molecule has 0 unspecified atom stereocenters. The van der Waals surface area contributed by atoms with Crippen molar-refractivity contribution in [3.63, 3.8) is 0 Å². The number of aryl methyl sites for hydroxylation is 1. The fourth-order valence-electron chi connectivity index (χ4n) is 3.65. The van der Waals surface area contributed by atoms with E-state index in [9.17, 15) is 5.11 Å². The predicted octanol–water partition coefficient (Wildman–Crippen LogP) is 1.37. The highest BCUT2D eigenvalue weighted by Crippen LogP contribution is 2.37. The van der Waals surface area contributed by atoms with Crippen molar-refractivity contribution < 1.29 is 5.11 Å². The van der Waals surface area contributed by atoms with Crippen LogP contribution in [-0.2, 0) is 0 Å². The van der Waals surface area contributed by atoms with Gasteiger partial charge in [-0.25, -0.2) is 0 Å². The molecule has 0 bridgehead atoms. The van der Waals surface area contributed by atoms with Gasteiger partial charge in [0.1, 0.15) is 12.2 Å². The topological polar surface area (TPSA) is 72.2 Å². The third kappa shape index (κ3) is 3.14. The van der Waals surface area contributed by atoms with Gasteiger partial charge in [-0.1, -0.05) is 0 Å². The van der Waals surface area contributed by atoms with Crippen molar-refractivity contribution in [1.82, 2.24) is 15.2 Å². The Morgan fingerprint density at radius 1 is 1.45 bits per heavy atom. The fourth-order valence-corrected chi connectivity index (χ4v) is 3.65. The van der Waals surface area contributed by atoms with Crippen LogP contribution in [0.1, 0.15) is 42.2 Å². The molecule has 5 nitrogen and oxygen atoms in total. The zero-order valence-electron chi connectivity index (χ0n) is 13.2. The average molecular weight is 300 g/mol. The van der Waals surface area contributed by atoms with Crippen molar-refractivity contribution in [3.8, 4) is 6.07 Å². The van der Waals surface area contributed by atoms with Crippen molar-refractivity contribution in [3.05, 3.63) is 29.1 Å². The monoisotopic (exact) mass is 300 g/mol. The molecular formula is C17H24N4O. The minimum absolute atomic E-state index is 0.505. The summed E-state index contributed by atoms with van der Waals surface area (Å²) in [5, 5.41) is 22.8. The van der Waals surface area contributed by atoms with E-state index in [-0.39, 0.29) is 0 Å².